The quantitative estimate of drug-likeness (QED) is 0.777. The lowest BCUT2D eigenvalue weighted by atomic mass is 10.1. The second kappa shape index (κ2) is 5.83. The Morgan fingerprint density at radius 1 is 1.39 bits per heavy atom. The number of carbonyl (C=O) groups excluding carboxylic acids is 1. The summed E-state index contributed by atoms with van der Waals surface area (Å²) in [5.74, 6) is -0.391. The number of aryl methyl sites for hydroxylation is 2. The van der Waals surface area contributed by atoms with Gasteiger partial charge in [-0.1, -0.05) is 6.07 Å². The van der Waals surface area contributed by atoms with Gasteiger partial charge in [-0.05, 0) is 38.0 Å². The number of hydrogen-bond donors (Lipinski definition) is 2. The zero-order chi connectivity index (χ0) is 16.6. The molecule has 0 aliphatic carbocycles. The van der Waals surface area contributed by atoms with Gasteiger partial charge >= 0.3 is 0 Å². The summed E-state index contributed by atoms with van der Waals surface area (Å²) in [7, 11) is 1.88. The second-order valence-corrected chi connectivity index (χ2v) is 5.56. The van der Waals surface area contributed by atoms with Crippen LogP contribution in [0.3, 0.4) is 0 Å². The first-order valence-corrected chi connectivity index (χ1v) is 7.39. The number of H-pyrrole nitrogens is 1. The smallest absolute Gasteiger partial charge is 0.225 e. The van der Waals surface area contributed by atoms with Crippen LogP contribution in [-0.4, -0.2) is 25.9 Å². The van der Waals surface area contributed by atoms with Crippen molar-refractivity contribution >= 4 is 22.6 Å². The summed E-state index contributed by atoms with van der Waals surface area (Å²) in [4.78, 5) is 12.2. The van der Waals surface area contributed by atoms with Crippen LogP contribution in [0, 0.1) is 19.7 Å². The number of benzene rings is 1. The molecule has 1 amide bonds. The Balaban J connectivity index is 1.72. The molecule has 0 spiro atoms. The van der Waals surface area contributed by atoms with E-state index < -0.39 is 5.82 Å². The number of carbonyl (C=O) groups is 1. The van der Waals surface area contributed by atoms with Gasteiger partial charge in [0.25, 0.3) is 0 Å². The summed E-state index contributed by atoms with van der Waals surface area (Å²) in [6.45, 7) is 3.90. The molecule has 23 heavy (non-hydrogen) atoms. The molecule has 2 heterocycles. The van der Waals surface area contributed by atoms with Crippen LogP contribution in [0.5, 0.6) is 0 Å². The molecule has 0 radical (unpaired) electrons. The molecule has 120 valence electrons. The maximum absolute atomic E-state index is 13.9. The van der Waals surface area contributed by atoms with E-state index in [0.717, 1.165) is 17.0 Å². The molecule has 6 nitrogen and oxygen atoms in total. The highest BCUT2D eigenvalue weighted by atomic mass is 19.1. The molecule has 0 saturated carbocycles. The van der Waals surface area contributed by atoms with Gasteiger partial charge < -0.3 is 5.32 Å². The molecule has 0 fully saturated rings. The Morgan fingerprint density at radius 3 is 2.87 bits per heavy atom. The van der Waals surface area contributed by atoms with Gasteiger partial charge in [-0.25, -0.2) is 4.39 Å². The van der Waals surface area contributed by atoms with Crippen molar-refractivity contribution in [1.82, 2.24) is 20.0 Å². The number of rotatable bonds is 4. The van der Waals surface area contributed by atoms with Crippen LogP contribution in [0.1, 0.15) is 23.4 Å². The van der Waals surface area contributed by atoms with Gasteiger partial charge in [0.15, 0.2) is 5.82 Å². The normalized spacial score (nSPS) is 11.1. The first-order chi connectivity index (χ1) is 11.0. The predicted molar refractivity (Wildman–Crippen MR) is 85.7 cm³/mol. The van der Waals surface area contributed by atoms with Crippen LogP contribution in [0.15, 0.2) is 18.2 Å². The van der Waals surface area contributed by atoms with E-state index in [0.29, 0.717) is 17.3 Å². The fourth-order valence-corrected chi connectivity index (χ4v) is 2.73. The number of aromatic nitrogens is 4. The minimum Gasteiger partial charge on any atom is -0.309 e. The third-order valence-corrected chi connectivity index (χ3v) is 4.06. The van der Waals surface area contributed by atoms with Crippen molar-refractivity contribution in [1.29, 1.82) is 0 Å². The fourth-order valence-electron chi connectivity index (χ4n) is 2.73. The maximum atomic E-state index is 13.9. The molecule has 0 aliphatic rings. The Morgan fingerprint density at radius 2 is 2.17 bits per heavy atom. The molecule has 3 rings (SSSR count). The number of fused-ring (bicyclic) bond motifs is 1. The average Bonchev–Trinajstić information content (AvgIpc) is 3.01. The van der Waals surface area contributed by atoms with Gasteiger partial charge in [-0.3, -0.25) is 14.6 Å². The molecule has 1 aromatic carbocycles. The summed E-state index contributed by atoms with van der Waals surface area (Å²) in [5, 5.41) is 14.0. The fraction of sp³-hybridized carbons (Fsp3) is 0.312. The van der Waals surface area contributed by atoms with Crippen LogP contribution < -0.4 is 5.32 Å². The average molecular weight is 315 g/mol. The van der Waals surface area contributed by atoms with Crippen molar-refractivity contribution in [3.63, 3.8) is 0 Å². The van der Waals surface area contributed by atoms with Crippen molar-refractivity contribution in [2.75, 3.05) is 5.32 Å². The van der Waals surface area contributed by atoms with Crippen molar-refractivity contribution < 1.29 is 9.18 Å². The van der Waals surface area contributed by atoms with Gasteiger partial charge in [-0.2, -0.15) is 10.2 Å². The molecule has 0 atom stereocenters. The molecular formula is C16H18FN5O. The standard InChI is InChI=1S/C16H18FN5O/c1-9-11(10(2)22(3)21-9)7-8-14(23)18-16-15-12(17)5-4-6-13(15)19-20-16/h4-6H,7-8H2,1-3H3,(H2,18,19,20,23). The highest BCUT2D eigenvalue weighted by Crippen LogP contribution is 2.23. The van der Waals surface area contributed by atoms with Gasteiger partial charge in [0, 0.05) is 19.2 Å². The van der Waals surface area contributed by atoms with Crippen molar-refractivity contribution in [3.8, 4) is 0 Å². The zero-order valence-electron chi connectivity index (χ0n) is 13.3. The first kappa shape index (κ1) is 15.2. The molecular weight excluding hydrogens is 297 g/mol. The van der Waals surface area contributed by atoms with E-state index in [4.69, 9.17) is 0 Å². The number of amides is 1. The van der Waals surface area contributed by atoms with Gasteiger partial charge in [-0.15, -0.1) is 0 Å². The number of halogens is 1. The van der Waals surface area contributed by atoms with Gasteiger partial charge in [0.05, 0.1) is 16.6 Å². The lowest BCUT2D eigenvalue weighted by Crippen LogP contribution is -2.13. The van der Waals surface area contributed by atoms with Crippen LogP contribution in [0.4, 0.5) is 10.2 Å². The van der Waals surface area contributed by atoms with Crippen LogP contribution >= 0.6 is 0 Å². The summed E-state index contributed by atoms with van der Waals surface area (Å²) < 4.78 is 15.7. The Labute approximate surface area is 132 Å². The van der Waals surface area contributed by atoms with E-state index in [1.807, 2.05) is 20.9 Å². The zero-order valence-corrected chi connectivity index (χ0v) is 13.3. The number of hydrogen-bond acceptors (Lipinski definition) is 3. The highest BCUT2D eigenvalue weighted by molar-refractivity contribution is 5.99. The molecule has 7 heteroatoms. The third-order valence-electron chi connectivity index (χ3n) is 4.06. The summed E-state index contributed by atoms with van der Waals surface area (Å²) in [6, 6.07) is 4.65. The van der Waals surface area contributed by atoms with E-state index in [-0.39, 0.29) is 18.1 Å². The number of nitrogens with zero attached hydrogens (tertiary/aromatic N) is 3. The second-order valence-electron chi connectivity index (χ2n) is 5.56. The van der Waals surface area contributed by atoms with E-state index in [1.165, 1.54) is 6.07 Å². The predicted octanol–water partition coefficient (Wildman–Crippen LogP) is 2.62. The van der Waals surface area contributed by atoms with E-state index >= 15 is 0 Å². The van der Waals surface area contributed by atoms with E-state index in [2.05, 4.69) is 20.6 Å². The van der Waals surface area contributed by atoms with Crippen LogP contribution in [0.25, 0.3) is 10.9 Å². The minimum absolute atomic E-state index is 0.204. The summed E-state index contributed by atoms with van der Waals surface area (Å²) >= 11 is 0. The molecule has 2 aromatic heterocycles. The SMILES string of the molecule is Cc1nn(C)c(C)c1CCC(=O)Nc1n[nH]c2cccc(F)c12. The summed E-state index contributed by atoms with van der Waals surface area (Å²) in [6.07, 6.45) is 0.873. The molecule has 3 aromatic rings. The number of nitrogens with one attached hydrogen (secondary N) is 2. The maximum Gasteiger partial charge on any atom is 0.225 e. The van der Waals surface area contributed by atoms with Gasteiger partial charge in [0.1, 0.15) is 5.82 Å². The van der Waals surface area contributed by atoms with Crippen molar-refractivity contribution in [2.24, 2.45) is 7.05 Å². The first-order valence-electron chi connectivity index (χ1n) is 7.39. The molecule has 0 aliphatic heterocycles. The topological polar surface area (TPSA) is 75.6 Å². The molecule has 0 unspecified atom stereocenters. The molecule has 0 bridgehead atoms. The monoisotopic (exact) mass is 315 g/mol. The summed E-state index contributed by atoms with van der Waals surface area (Å²) in [5.41, 5.74) is 3.60. The number of aromatic amines is 1. The van der Waals surface area contributed by atoms with Crippen molar-refractivity contribution in [2.45, 2.75) is 26.7 Å². The van der Waals surface area contributed by atoms with Crippen LogP contribution in [0.2, 0.25) is 0 Å². The number of anilines is 1. The highest BCUT2D eigenvalue weighted by Gasteiger charge is 2.15. The third kappa shape index (κ3) is 2.81. The van der Waals surface area contributed by atoms with E-state index in [9.17, 15) is 9.18 Å². The van der Waals surface area contributed by atoms with Gasteiger partial charge in [0.2, 0.25) is 5.91 Å². The van der Waals surface area contributed by atoms with E-state index in [1.54, 1.807) is 16.8 Å². The Hall–Kier alpha value is -2.70. The largest absolute Gasteiger partial charge is 0.309 e. The molecule has 0 saturated heterocycles. The minimum atomic E-state index is -0.412. The molecule has 2 N–H and O–H groups in total. The Kier molecular flexibility index (Phi) is 3.85. The lowest BCUT2D eigenvalue weighted by molar-refractivity contribution is -0.116. The van der Waals surface area contributed by atoms with Crippen molar-refractivity contribution in [3.05, 3.63) is 41.0 Å². The Bertz CT molecular complexity index is 880. The van der Waals surface area contributed by atoms with Crippen LogP contribution in [-0.2, 0) is 18.3 Å². The lowest BCUT2D eigenvalue weighted by Gasteiger charge is -2.04.